The van der Waals surface area contributed by atoms with Crippen LogP contribution in [-0.4, -0.2) is 19.5 Å². The first-order valence-electron chi connectivity index (χ1n) is 19.5. The quantitative estimate of drug-likeness (QED) is 0.176. The van der Waals surface area contributed by atoms with Gasteiger partial charge in [0, 0.05) is 49.5 Å². The Labute approximate surface area is 333 Å². The minimum absolute atomic E-state index is 0.668. The van der Waals surface area contributed by atoms with E-state index in [9.17, 15) is 0 Å². The summed E-state index contributed by atoms with van der Waals surface area (Å²) in [5.41, 5.74) is 12.7. The molecule has 4 heterocycles. The lowest BCUT2D eigenvalue weighted by Crippen LogP contribution is -1.98. The van der Waals surface area contributed by atoms with Crippen molar-refractivity contribution in [2.24, 2.45) is 0 Å². The van der Waals surface area contributed by atoms with E-state index in [-0.39, 0.29) is 0 Å². The molecule has 0 saturated carbocycles. The molecule has 4 aromatic heterocycles. The molecule has 0 N–H and O–H groups in total. The Kier molecular flexibility index (Phi) is 7.16. The van der Waals surface area contributed by atoms with Gasteiger partial charge in [0.25, 0.3) is 0 Å². The van der Waals surface area contributed by atoms with Crippen molar-refractivity contribution in [2.75, 3.05) is 0 Å². The number of hydrogen-bond donors (Lipinski definition) is 0. The fourth-order valence-corrected chi connectivity index (χ4v) is 8.76. The molecule has 12 aromatic rings. The number of hydrogen-bond acceptors (Lipinski definition) is 4. The minimum atomic E-state index is 0.668. The van der Waals surface area contributed by atoms with Crippen molar-refractivity contribution < 1.29 is 4.42 Å². The van der Waals surface area contributed by atoms with Crippen LogP contribution in [0, 0.1) is 0 Å². The van der Waals surface area contributed by atoms with E-state index in [0.29, 0.717) is 5.82 Å². The van der Waals surface area contributed by atoms with Crippen molar-refractivity contribution in [3.63, 3.8) is 0 Å². The van der Waals surface area contributed by atoms with Gasteiger partial charge in [-0.25, -0.2) is 15.0 Å². The average Bonchev–Trinajstić information content (AvgIpc) is 3.86. The first kappa shape index (κ1) is 32.4. The number of para-hydroxylation sites is 4. The van der Waals surface area contributed by atoms with E-state index < -0.39 is 0 Å². The monoisotopic (exact) mass is 740 g/mol. The van der Waals surface area contributed by atoms with Crippen molar-refractivity contribution in [2.45, 2.75) is 0 Å². The van der Waals surface area contributed by atoms with Crippen LogP contribution in [0.3, 0.4) is 0 Å². The number of furan rings is 1. The molecule has 0 unspecified atom stereocenters. The Morgan fingerprint density at radius 2 is 0.966 bits per heavy atom. The summed E-state index contributed by atoms with van der Waals surface area (Å²) in [5, 5.41) is 7.73. The lowest BCUT2D eigenvalue weighted by molar-refractivity contribution is 0.672. The fraction of sp³-hybridized carbons (Fsp3) is 0. The average molecular weight is 741 g/mol. The molecule has 0 aliphatic carbocycles. The number of pyridine rings is 1. The highest BCUT2D eigenvalue weighted by molar-refractivity contribution is 6.21. The summed E-state index contributed by atoms with van der Waals surface area (Å²) in [4.78, 5) is 15.8. The summed E-state index contributed by atoms with van der Waals surface area (Å²) >= 11 is 0. The van der Waals surface area contributed by atoms with Crippen LogP contribution in [-0.2, 0) is 0 Å². The summed E-state index contributed by atoms with van der Waals surface area (Å²) < 4.78 is 8.88. The largest absolute Gasteiger partial charge is 0.455 e. The van der Waals surface area contributed by atoms with Crippen LogP contribution < -0.4 is 0 Å². The zero-order valence-corrected chi connectivity index (χ0v) is 31.2. The van der Waals surface area contributed by atoms with Crippen LogP contribution in [0.2, 0.25) is 0 Å². The summed E-state index contributed by atoms with van der Waals surface area (Å²) in [6, 6.07) is 67.7. The Bertz CT molecular complexity index is 3510. The third-order valence-electron chi connectivity index (χ3n) is 11.4. The lowest BCUT2D eigenvalue weighted by Gasteiger charge is -2.15. The van der Waals surface area contributed by atoms with Gasteiger partial charge in [0.15, 0.2) is 5.82 Å². The molecule has 0 amide bonds. The van der Waals surface area contributed by atoms with Crippen LogP contribution in [0.4, 0.5) is 0 Å². The van der Waals surface area contributed by atoms with Gasteiger partial charge in [-0.15, -0.1) is 0 Å². The molecule has 5 nitrogen and oxygen atoms in total. The van der Waals surface area contributed by atoms with E-state index in [2.05, 4.69) is 168 Å². The first-order chi connectivity index (χ1) is 28.8. The van der Waals surface area contributed by atoms with Crippen molar-refractivity contribution in [1.82, 2.24) is 19.5 Å². The maximum absolute atomic E-state index is 6.55. The highest BCUT2D eigenvalue weighted by Gasteiger charge is 2.21. The predicted octanol–water partition coefficient (Wildman–Crippen LogP) is 13.8. The van der Waals surface area contributed by atoms with Crippen LogP contribution in [0.25, 0.3) is 116 Å². The topological polar surface area (TPSA) is 56.7 Å². The molecule has 0 bridgehead atoms. The van der Waals surface area contributed by atoms with Gasteiger partial charge in [-0.2, -0.15) is 0 Å². The van der Waals surface area contributed by atoms with E-state index in [0.717, 1.165) is 88.6 Å². The summed E-state index contributed by atoms with van der Waals surface area (Å²) in [5.74, 6) is 0.668. The second-order valence-electron chi connectivity index (χ2n) is 14.7. The molecule has 0 atom stereocenters. The second-order valence-corrected chi connectivity index (χ2v) is 14.7. The van der Waals surface area contributed by atoms with Crippen molar-refractivity contribution in [1.29, 1.82) is 0 Å². The number of aromatic nitrogens is 4. The molecule has 0 aliphatic heterocycles. The zero-order chi connectivity index (χ0) is 38.2. The third kappa shape index (κ3) is 5.00. The molecule has 58 heavy (non-hydrogen) atoms. The molecule has 270 valence electrons. The number of nitrogens with zero attached hydrogens (tertiary/aromatic N) is 4. The summed E-state index contributed by atoms with van der Waals surface area (Å²) in [7, 11) is 0. The van der Waals surface area contributed by atoms with Crippen molar-refractivity contribution in [3.8, 4) is 50.8 Å². The van der Waals surface area contributed by atoms with Gasteiger partial charge in [0.2, 0.25) is 0 Å². The van der Waals surface area contributed by atoms with Crippen LogP contribution in [0.15, 0.2) is 199 Å². The number of fused-ring (bicyclic) bond motifs is 9. The number of benzene rings is 8. The van der Waals surface area contributed by atoms with Gasteiger partial charge in [0.05, 0.1) is 39.0 Å². The Hall–Kier alpha value is -7.89. The molecule has 0 aliphatic rings. The SMILES string of the molecule is c1ccc(-c2cc(-c3ccc(-c4nc5ccccc5c5oc6ccccc6c45)c4ccccc34)nc(-c3ccc(-n4c5ccccc5c5ccccc54)cc3)n2)cc1. The molecule has 12 rings (SSSR count). The third-order valence-corrected chi connectivity index (χ3v) is 11.4. The maximum atomic E-state index is 6.55. The smallest absolute Gasteiger partial charge is 0.160 e. The lowest BCUT2D eigenvalue weighted by atomic mass is 9.93. The minimum Gasteiger partial charge on any atom is -0.455 e. The highest BCUT2D eigenvalue weighted by atomic mass is 16.3. The van der Waals surface area contributed by atoms with Gasteiger partial charge in [-0.3, -0.25) is 0 Å². The zero-order valence-electron chi connectivity index (χ0n) is 31.2. The molecular formula is C53H32N4O. The molecule has 0 radical (unpaired) electrons. The van der Waals surface area contributed by atoms with Crippen LogP contribution >= 0.6 is 0 Å². The van der Waals surface area contributed by atoms with Crippen molar-refractivity contribution >= 4 is 65.4 Å². The van der Waals surface area contributed by atoms with E-state index >= 15 is 0 Å². The molecule has 5 heteroatoms. The van der Waals surface area contributed by atoms with E-state index in [1.54, 1.807) is 0 Å². The normalized spacial score (nSPS) is 11.8. The van der Waals surface area contributed by atoms with Crippen LogP contribution in [0.1, 0.15) is 0 Å². The molecule has 0 saturated heterocycles. The fourth-order valence-electron chi connectivity index (χ4n) is 8.76. The van der Waals surface area contributed by atoms with Gasteiger partial charge in [-0.1, -0.05) is 133 Å². The predicted molar refractivity (Wildman–Crippen MR) is 238 cm³/mol. The van der Waals surface area contributed by atoms with E-state index in [1.807, 2.05) is 30.3 Å². The maximum Gasteiger partial charge on any atom is 0.160 e. The second kappa shape index (κ2) is 12.8. The highest BCUT2D eigenvalue weighted by Crippen LogP contribution is 2.43. The van der Waals surface area contributed by atoms with Crippen molar-refractivity contribution in [3.05, 3.63) is 194 Å². The summed E-state index contributed by atoms with van der Waals surface area (Å²) in [6.45, 7) is 0. The Morgan fingerprint density at radius 1 is 0.397 bits per heavy atom. The Balaban J connectivity index is 1.04. The van der Waals surface area contributed by atoms with Gasteiger partial charge in [0.1, 0.15) is 11.2 Å². The molecule has 0 fully saturated rings. The van der Waals surface area contributed by atoms with Gasteiger partial charge >= 0.3 is 0 Å². The van der Waals surface area contributed by atoms with E-state index in [1.165, 1.54) is 21.8 Å². The standard InChI is InChI=1S/C53H32N4O/c1-2-14-33(15-3-1)45-32-46(56-53(55-45)34-26-28-35(29-27-34)57-47-23-11-7-18-39(47)40-19-8-12-24-48(40)57)38-30-31-41(37-17-5-4-16-36(37)38)51-50-43-21-9-13-25-49(43)58-52(50)42-20-6-10-22-44(42)54-51/h1-32H. The molecule has 8 aromatic carbocycles. The van der Waals surface area contributed by atoms with E-state index in [4.69, 9.17) is 19.4 Å². The first-order valence-corrected chi connectivity index (χ1v) is 19.5. The Morgan fingerprint density at radius 3 is 1.71 bits per heavy atom. The van der Waals surface area contributed by atoms with Crippen LogP contribution in [0.5, 0.6) is 0 Å². The molecular weight excluding hydrogens is 709 g/mol. The van der Waals surface area contributed by atoms with Gasteiger partial charge in [-0.05, 0) is 71.4 Å². The summed E-state index contributed by atoms with van der Waals surface area (Å²) in [6.07, 6.45) is 0. The van der Waals surface area contributed by atoms with Gasteiger partial charge < -0.3 is 8.98 Å². The number of rotatable bonds is 5. The molecule has 0 spiro atoms.